The summed E-state index contributed by atoms with van der Waals surface area (Å²) in [7, 11) is 0. The molecule has 0 bridgehead atoms. The van der Waals surface area contributed by atoms with Crippen LogP contribution in [0.1, 0.15) is 27.2 Å². The zero-order chi connectivity index (χ0) is 14.9. The number of hydrogen-bond donors (Lipinski definition) is 1. The Morgan fingerprint density at radius 3 is 2.70 bits per heavy atom. The number of hydrogen-bond acceptors (Lipinski definition) is 1. The highest BCUT2D eigenvalue weighted by molar-refractivity contribution is 6.38. The van der Waals surface area contributed by atoms with Crippen LogP contribution in [0, 0.1) is 0 Å². The number of nitrogens with zero attached hydrogens (tertiary/aromatic N) is 1. The van der Waals surface area contributed by atoms with Crippen LogP contribution in [0.25, 0.3) is 10.9 Å². The number of fused-ring (bicyclic) bond motifs is 1. The monoisotopic (exact) mass is 312 g/mol. The van der Waals surface area contributed by atoms with Crippen molar-refractivity contribution >= 4 is 40.0 Å². The molecular formula is C15H18Cl2N2O. The maximum Gasteiger partial charge on any atom is 0.240 e. The van der Waals surface area contributed by atoms with E-state index in [4.69, 9.17) is 23.2 Å². The van der Waals surface area contributed by atoms with Gasteiger partial charge in [0.15, 0.2) is 0 Å². The Kier molecular flexibility index (Phi) is 4.31. The molecule has 0 saturated carbocycles. The second kappa shape index (κ2) is 5.66. The van der Waals surface area contributed by atoms with Gasteiger partial charge < -0.3 is 9.88 Å². The summed E-state index contributed by atoms with van der Waals surface area (Å²) in [5, 5.41) is 5.08. The van der Waals surface area contributed by atoms with Gasteiger partial charge in [-0.15, -0.1) is 0 Å². The lowest BCUT2D eigenvalue weighted by atomic mass is 10.0. The molecule has 0 radical (unpaired) electrons. The third kappa shape index (κ3) is 3.28. The van der Waals surface area contributed by atoms with Crippen LogP contribution in [0.15, 0.2) is 24.4 Å². The molecule has 0 unspecified atom stereocenters. The summed E-state index contributed by atoms with van der Waals surface area (Å²) in [6, 6.07) is 5.42. The summed E-state index contributed by atoms with van der Waals surface area (Å²) < 4.78 is 1.86. The molecule has 0 aliphatic rings. The molecule has 2 aromatic rings. The van der Waals surface area contributed by atoms with Gasteiger partial charge in [-0.3, -0.25) is 4.79 Å². The average molecular weight is 313 g/mol. The van der Waals surface area contributed by atoms with Crippen LogP contribution in [-0.2, 0) is 11.3 Å². The van der Waals surface area contributed by atoms with E-state index in [0.29, 0.717) is 10.0 Å². The van der Waals surface area contributed by atoms with E-state index < -0.39 is 0 Å². The normalized spacial score (nSPS) is 11.8. The number of carbonyl (C=O) groups is 1. The van der Waals surface area contributed by atoms with Gasteiger partial charge in [0.1, 0.15) is 6.54 Å². The lowest BCUT2D eigenvalue weighted by Crippen LogP contribution is -2.44. The first-order valence-electron chi connectivity index (χ1n) is 6.57. The van der Waals surface area contributed by atoms with Gasteiger partial charge in [0.2, 0.25) is 5.91 Å². The molecule has 0 fully saturated rings. The minimum atomic E-state index is -0.199. The summed E-state index contributed by atoms with van der Waals surface area (Å²) in [5.74, 6) is -0.0227. The fraction of sp³-hybridized carbons (Fsp3) is 0.400. The zero-order valence-electron chi connectivity index (χ0n) is 11.8. The Bertz CT molecular complexity index is 647. The second-order valence-corrected chi connectivity index (χ2v) is 6.39. The van der Waals surface area contributed by atoms with Crippen LogP contribution in [0.5, 0.6) is 0 Å². The molecule has 5 heteroatoms. The van der Waals surface area contributed by atoms with Crippen LogP contribution < -0.4 is 5.32 Å². The molecule has 1 aromatic carbocycles. The summed E-state index contributed by atoms with van der Waals surface area (Å²) >= 11 is 12.2. The average Bonchev–Trinajstić information content (AvgIpc) is 2.72. The number of nitrogens with one attached hydrogen (secondary N) is 1. The highest BCUT2D eigenvalue weighted by Gasteiger charge is 2.18. The predicted molar refractivity (Wildman–Crippen MR) is 84.5 cm³/mol. The Labute approximate surface area is 128 Å². The fourth-order valence-electron chi connectivity index (χ4n) is 2.02. The first-order chi connectivity index (χ1) is 9.32. The van der Waals surface area contributed by atoms with Crippen LogP contribution in [-0.4, -0.2) is 16.0 Å². The third-order valence-corrected chi connectivity index (χ3v) is 4.01. The number of rotatable bonds is 4. The van der Waals surface area contributed by atoms with Crippen molar-refractivity contribution in [1.82, 2.24) is 9.88 Å². The molecule has 2 rings (SSSR count). The number of carbonyl (C=O) groups excluding carboxylic acids is 1. The van der Waals surface area contributed by atoms with E-state index >= 15 is 0 Å². The minimum absolute atomic E-state index is 0.0227. The maximum atomic E-state index is 12.1. The van der Waals surface area contributed by atoms with Gasteiger partial charge in [-0.1, -0.05) is 30.1 Å². The van der Waals surface area contributed by atoms with E-state index in [9.17, 15) is 4.79 Å². The topological polar surface area (TPSA) is 34.0 Å². The molecular weight excluding hydrogens is 295 g/mol. The molecule has 20 heavy (non-hydrogen) atoms. The quantitative estimate of drug-likeness (QED) is 0.899. The molecule has 1 N–H and O–H groups in total. The van der Waals surface area contributed by atoms with Gasteiger partial charge in [0, 0.05) is 22.1 Å². The molecule has 1 amide bonds. The molecule has 0 aliphatic heterocycles. The van der Waals surface area contributed by atoms with Crippen molar-refractivity contribution in [3.8, 4) is 0 Å². The van der Waals surface area contributed by atoms with E-state index in [-0.39, 0.29) is 18.0 Å². The Morgan fingerprint density at radius 1 is 1.35 bits per heavy atom. The number of amides is 1. The number of halogens is 2. The van der Waals surface area contributed by atoms with E-state index in [1.165, 1.54) is 0 Å². The van der Waals surface area contributed by atoms with Crippen LogP contribution in [0.2, 0.25) is 10.0 Å². The third-order valence-electron chi connectivity index (χ3n) is 3.48. The maximum absolute atomic E-state index is 12.1. The first kappa shape index (κ1) is 15.2. The van der Waals surface area contributed by atoms with Gasteiger partial charge in [0.25, 0.3) is 0 Å². The Morgan fingerprint density at radius 2 is 2.05 bits per heavy atom. The Balaban J connectivity index is 2.24. The van der Waals surface area contributed by atoms with Crippen molar-refractivity contribution in [1.29, 1.82) is 0 Å². The van der Waals surface area contributed by atoms with Crippen molar-refractivity contribution in [3.63, 3.8) is 0 Å². The molecule has 0 aliphatic carbocycles. The molecule has 0 atom stereocenters. The van der Waals surface area contributed by atoms with Gasteiger partial charge in [0.05, 0.1) is 10.5 Å². The van der Waals surface area contributed by atoms with Crippen LogP contribution in [0.4, 0.5) is 0 Å². The first-order valence-corrected chi connectivity index (χ1v) is 7.33. The van der Waals surface area contributed by atoms with Crippen LogP contribution >= 0.6 is 23.2 Å². The summed E-state index contributed by atoms with van der Waals surface area (Å²) in [5.41, 5.74) is 0.668. The van der Waals surface area contributed by atoms with Crippen molar-refractivity contribution < 1.29 is 4.79 Å². The van der Waals surface area contributed by atoms with E-state index in [0.717, 1.165) is 17.3 Å². The SMILES string of the molecule is CCC(C)(C)NC(=O)Cn1ccc2c(Cl)cc(Cl)cc21. The van der Waals surface area contributed by atoms with Gasteiger partial charge in [-0.25, -0.2) is 0 Å². The molecule has 1 aromatic heterocycles. The fourth-order valence-corrected chi connectivity index (χ4v) is 2.56. The van der Waals surface area contributed by atoms with Gasteiger partial charge in [-0.2, -0.15) is 0 Å². The molecule has 0 saturated heterocycles. The molecule has 1 heterocycles. The van der Waals surface area contributed by atoms with Gasteiger partial charge >= 0.3 is 0 Å². The molecule has 108 valence electrons. The highest BCUT2D eigenvalue weighted by atomic mass is 35.5. The second-order valence-electron chi connectivity index (χ2n) is 5.55. The summed E-state index contributed by atoms with van der Waals surface area (Å²) in [6.07, 6.45) is 2.73. The summed E-state index contributed by atoms with van der Waals surface area (Å²) in [4.78, 5) is 12.1. The lowest BCUT2D eigenvalue weighted by molar-refractivity contribution is -0.123. The van der Waals surface area contributed by atoms with E-state index in [1.54, 1.807) is 6.07 Å². The lowest BCUT2D eigenvalue weighted by Gasteiger charge is -2.24. The van der Waals surface area contributed by atoms with E-state index in [1.807, 2.05) is 43.7 Å². The minimum Gasteiger partial charge on any atom is -0.350 e. The standard InChI is InChI=1S/C15H18Cl2N2O/c1-4-15(2,3)18-14(20)9-19-6-5-11-12(17)7-10(16)8-13(11)19/h5-8H,4,9H2,1-3H3,(H,18,20). The van der Waals surface area contributed by atoms with Crippen molar-refractivity contribution in [2.75, 3.05) is 0 Å². The van der Waals surface area contributed by atoms with E-state index in [2.05, 4.69) is 5.32 Å². The summed E-state index contributed by atoms with van der Waals surface area (Å²) in [6.45, 7) is 6.31. The number of aromatic nitrogens is 1. The molecule has 0 spiro atoms. The largest absolute Gasteiger partial charge is 0.350 e. The van der Waals surface area contributed by atoms with Crippen molar-refractivity contribution in [2.24, 2.45) is 0 Å². The van der Waals surface area contributed by atoms with Crippen molar-refractivity contribution in [3.05, 3.63) is 34.4 Å². The zero-order valence-corrected chi connectivity index (χ0v) is 13.3. The molecule has 3 nitrogen and oxygen atoms in total. The predicted octanol–water partition coefficient (Wildman–Crippen LogP) is 4.25. The number of benzene rings is 1. The highest BCUT2D eigenvalue weighted by Crippen LogP contribution is 2.28. The van der Waals surface area contributed by atoms with Crippen LogP contribution in [0.3, 0.4) is 0 Å². The smallest absolute Gasteiger partial charge is 0.240 e. The van der Waals surface area contributed by atoms with Crippen molar-refractivity contribution in [2.45, 2.75) is 39.3 Å². The van der Waals surface area contributed by atoms with Gasteiger partial charge in [-0.05, 0) is 38.5 Å². The Hall–Kier alpha value is -1.19.